The van der Waals surface area contributed by atoms with Crippen molar-refractivity contribution in [2.45, 2.75) is 32.0 Å². The van der Waals surface area contributed by atoms with Crippen molar-refractivity contribution >= 4 is 27.8 Å². The van der Waals surface area contributed by atoms with Gasteiger partial charge in [0.15, 0.2) is 5.13 Å². The molecule has 2 bridgehead atoms. The van der Waals surface area contributed by atoms with E-state index in [1.54, 1.807) is 22.7 Å². The first kappa shape index (κ1) is 18.1. The molecule has 0 amide bonds. The van der Waals surface area contributed by atoms with Crippen LogP contribution >= 0.6 is 22.7 Å². The van der Waals surface area contributed by atoms with Crippen molar-refractivity contribution < 1.29 is 0 Å². The molecule has 146 valence electrons. The van der Waals surface area contributed by atoms with Crippen LogP contribution in [-0.4, -0.2) is 34.6 Å². The molecule has 2 aliphatic heterocycles. The van der Waals surface area contributed by atoms with Crippen molar-refractivity contribution in [3.63, 3.8) is 0 Å². The predicted molar refractivity (Wildman–Crippen MR) is 115 cm³/mol. The third kappa shape index (κ3) is 3.43. The number of nitrogens with zero attached hydrogens (tertiary/aromatic N) is 4. The Bertz CT molecular complexity index is 996. The average molecular weight is 413 g/mol. The van der Waals surface area contributed by atoms with Crippen LogP contribution in [0.4, 0.5) is 5.13 Å². The van der Waals surface area contributed by atoms with Crippen molar-refractivity contribution in [1.82, 2.24) is 14.5 Å². The number of aromatic nitrogens is 2. The minimum absolute atomic E-state index is 0.201. The first-order valence-electron chi connectivity index (χ1n) is 9.74. The molecule has 5 nitrogen and oxygen atoms in total. The summed E-state index contributed by atoms with van der Waals surface area (Å²) in [6, 6.07) is 6.40. The standard InChI is InChI=1S/C21H24N4OS2/c1-23(9-15-4-6-27-14-15)12-17-2-3-19-18-8-16(11-25(19)20(17)26)10-24(13-18)21-22-5-7-28-21/h2-7,14,16,18H,8-13H2,1H3/t16-,18+/m0/s1. The van der Waals surface area contributed by atoms with E-state index in [1.165, 1.54) is 17.7 Å². The van der Waals surface area contributed by atoms with Gasteiger partial charge in [-0.1, -0.05) is 6.07 Å². The first-order chi connectivity index (χ1) is 13.7. The number of piperidine rings is 1. The lowest BCUT2D eigenvalue weighted by Crippen LogP contribution is -2.47. The third-order valence-electron chi connectivity index (χ3n) is 5.85. The van der Waals surface area contributed by atoms with Crippen LogP contribution in [0.3, 0.4) is 0 Å². The van der Waals surface area contributed by atoms with E-state index in [4.69, 9.17) is 0 Å². The summed E-state index contributed by atoms with van der Waals surface area (Å²) in [5.74, 6) is 0.938. The van der Waals surface area contributed by atoms with Gasteiger partial charge >= 0.3 is 0 Å². The highest BCUT2D eigenvalue weighted by atomic mass is 32.1. The number of thiazole rings is 1. The van der Waals surface area contributed by atoms with Gasteiger partial charge in [0.1, 0.15) is 0 Å². The zero-order chi connectivity index (χ0) is 19.1. The Labute approximate surface area is 172 Å². The summed E-state index contributed by atoms with van der Waals surface area (Å²) in [4.78, 5) is 22.3. The Hall–Kier alpha value is -1.96. The molecule has 0 spiro atoms. The summed E-state index contributed by atoms with van der Waals surface area (Å²) >= 11 is 3.42. The van der Waals surface area contributed by atoms with E-state index < -0.39 is 0 Å². The van der Waals surface area contributed by atoms with Crippen molar-refractivity contribution in [1.29, 1.82) is 0 Å². The van der Waals surface area contributed by atoms with Crippen molar-refractivity contribution in [2.24, 2.45) is 5.92 Å². The summed E-state index contributed by atoms with van der Waals surface area (Å²) in [5, 5.41) is 7.42. The van der Waals surface area contributed by atoms with Gasteiger partial charge in [-0.2, -0.15) is 11.3 Å². The van der Waals surface area contributed by atoms with Crippen LogP contribution in [0.15, 0.2) is 45.3 Å². The Morgan fingerprint density at radius 3 is 2.89 bits per heavy atom. The number of anilines is 1. The van der Waals surface area contributed by atoms with Crippen LogP contribution in [0.2, 0.25) is 0 Å². The SMILES string of the molecule is CN(Cc1ccsc1)Cc1ccc2n(c1=O)C[C@H]1C[C@@H]2CN(c2nccs2)C1. The molecule has 1 saturated heterocycles. The number of fused-ring (bicyclic) bond motifs is 4. The number of rotatable bonds is 5. The zero-order valence-corrected chi connectivity index (χ0v) is 17.6. The molecule has 0 radical (unpaired) electrons. The fourth-order valence-corrected chi connectivity index (χ4v) is 6.00. The van der Waals surface area contributed by atoms with Gasteiger partial charge in [-0.15, -0.1) is 11.3 Å². The molecule has 0 N–H and O–H groups in total. The molecule has 3 aromatic heterocycles. The fraction of sp³-hybridized carbons (Fsp3) is 0.429. The fourth-order valence-electron chi connectivity index (χ4n) is 4.68. The summed E-state index contributed by atoms with van der Waals surface area (Å²) in [7, 11) is 2.09. The molecular formula is C21H24N4OS2. The smallest absolute Gasteiger partial charge is 0.255 e. The van der Waals surface area contributed by atoms with E-state index in [2.05, 4.69) is 55.4 Å². The third-order valence-corrected chi connectivity index (χ3v) is 7.41. The molecule has 0 unspecified atom stereocenters. The number of hydrogen-bond acceptors (Lipinski definition) is 6. The van der Waals surface area contributed by atoms with E-state index in [9.17, 15) is 4.79 Å². The lowest BCUT2D eigenvalue weighted by molar-refractivity contribution is 0.276. The van der Waals surface area contributed by atoms with E-state index in [-0.39, 0.29) is 5.56 Å². The van der Waals surface area contributed by atoms with Crippen LogP contribution in [0.5, 0.6) is 0 Å². The molecule has 7 heteroatoms. The maximum absolute atomic E-state index is 13.2. The second kappa shape index (κ2) is 7.46. The number of pyridine rings is 1. The van der Waals surface area contributed by atoms with Crippen LogP contribution in [-0.2, 0) is 19.6 Å². The first-order valence-corrected chi connectivity index (χ1v) is 11.6. The molecule has 2 atom stereocenters. The van der Waals surface area contributed by atoms with E-state index in [0.717, 1.165) is 36.9 Å². The monoisotopic (exact) mass is 412 g/mol. The molecule has 28 heavy (non-hydrogen) atoms. The van der Waals surface area contributed by atoms with Crippen LogP contribution in [0.25, 0.3) is 0 Å². The Balaban J connectivity index is 1.37. The van der Waals surface area contributed by atoms with Gasteiger partial charge in [-0.05, 0) is 47.8 Å². The van der Waals surface area contributed by atoms with Gasteiger partial charge < -0.3 is 9.47 Å². The molecule has 1 fully saturated rings. The lowest BCUT2D eigenvalue weighted by Gasteiger charge is -2.42. The molecule has 0 aliphatic carbocycles. The Morgan fingerprint density at radius 1 is 1.18 bits per heavy atom. The topological polar surface area (TPSA) is 41.4 Å². The number of hydrogen-bond donors (Lipinski definition) is 0. The molecule has 3 aromatic rings. The molecule has 0 aromatic carbocycles. The predicted octanol–water partition coefficient (Wildman–Crippen LogP) is 3.62. The minimum atomic E-state index is 0.201. The summed E-state index contributed by atoms with van der Waals surface area (Å²) in [5.41, 5.74) is 3.61. The Morgan fingerprint density at radius 2 is 2.11 bits per heavy atom. The molecular weight excluding hydrogens is 388 g/mol. The highest BCUT2D eigenvalue weighted by Gasteiger charge is 2.35. The Kier molecular flexibility index (Phi) is 4.82. The quantitative estimate of drug-likeness (QED) is 0.642. The van der Waals surface area contributed by atoms with Crippen LogP contribution < -0.4 is 10.5 Å². The van der Waals surface area contributed by atoms with E-state index in [1.807, 2.05) is 11.6 Å². The van der Waals surface area contributed by atoms with Gasteiger partial charge in [0.2, 0.25) is 0 Å². The highest BCUT2D eigenvalue weighted by Crippen LogP contribution is 2.37. The normalized spacial score (nSPS) is 21.1. The van der Waals surface area contributed by atoms with Gasteiger partial charge in [-0.25, -0.2) is 4.98 Å². The van der Waals surface area contributed by atoms with Crippen molar-refractivity contribution in [3.8, 4) is 0 Å². The van der Waals surface area contributed by atoms with Gasteiger partial charge in [0, 0.05) is 61.5 Å². The zero-order valence-electron chi connectivity index (χ0n) is 16.0. The minimum Gasteiger partial charge on any atom is -0.347 e. The second-order valence-corrected chi connectivity index (χ2v) is 9.67. The van der Waals surface area contributed by atoms with E-state index in [0.29, 0.717) is 18.4 Å². The molecule has 5 rings (SSSR count). The molecule has 2 aliphatic rings. The molecule has 5 heterocycles. The van der Waals surface area contributed by atoms with Gasteiger partial charge in [0.05, 0.1) is 0 Å². The average Bonchev–Trinajstić information content (AvgIpc) is 3.38. The summed E-state index contributed by atoms with van der Waals surface area (Å²) in [6.45, 7) is 4.35. The van der Waals surface area contributed by atoms with E-state index >= 15 is 0 Å². The highest BCUT2D eigenvalue weighted by molar-refractivity contribution is 7.13. The molecule has 0 saturated carbocycles. The summed E-state index contributed by atoms with van der Waals surface area (Å²) < 4.78 is 2.06. The summed E-state index contributed by atoms with van der Waals surface area (Å²) in [6.07, 6.45) is 3.06. The van der Waals surface area contributed by atoms with Crippen LogP contribution in [0, 0.1) is 5.92 Å². The number of thiophene rings is 1. The largest absolute Gasteiger partial charge is 0.347 e. The maximum atomic E-state index is 13.2. The van der Waals surface area contributed by atoms with Gasteiger partial charge in [-0.3, -0.25) is 9.69 Å². The van der Waals surface area contributed by atoms with Crippen molar-refractivity contribution in [2.75, 3.05) is 25.0 Å². The van der Waals surface area contributed by atoms with Crippen LogP contribution in [0.1, 0.15) is 29.2 Å². The van der Waals surface area contributed by atoms with Gasteiger partial charge in [0.25, 0.3) is 5.56 Å². The lowest BCUT2D eigenvalue weighted by atomic mass is 9.83. The second-order valence-electron chi connectivity index (χ2n) is 8.02. The van der Waals surface area contributed by atoms with Crippen molar-refractivity contribution in [3.05, 3.63) is 67.7 Å². The maximum Gasteiger partial charge on any atom is 0.255 e.